The van der Waals surface area contributed by atoms with Crippen LogP contribution in [-0.2, 0) is 16.4 Å². The Labute approximate surface area is 278 Å². The third-order valence-electron chi connectivity index (χ3n) is 7.98. The molecule has 0 unspecified atom stereocenters. The van der Waals surface area contributed by atoms with E-state index in [2.05, 4.69) is 38.5 Å². The van der Waals surface area contributed by atoms with E-state index < -0.39 is 10.0 Å². The number of hydrogen-bond donors (Lipinski definition) is 2. The molecule has 1 aliphatic heterocycles. The summed E-state index contributed by atoms with van der Waals surface area (Å²) < 4.78 is 29.7. The highest BCUT2D eigenvalue weighted by Crippen LogP contribution is 2.34. The Morgan fingerprint density at radius 1 is 0.978 bits per heavy atom. The first-order valence-corrected chi connectivity index (χ1v) is 17.8. The van der Waals surface area contributed by atoms with E-state index in [0.29, 0.717) is 57.8 Å². The molecule has 0 bridgehead atoms. The van der Waals surface area contributed by atoms with E-state index in [9.17, 15) is 13.2 Å². The number of piperazine rings is 1. The van der Waals surface area contributed by atoms with Gasteiger partial charge in [0.25, 0.3) is 5.56 Å². The number of sulfonamides is 1. The molecule has 14 heteroatoms. The molecule has 0 radical (unpaired) electrons. The minimum absolute atomic E-state index is 0.0536. The van der Waals surface area contributed by atoms with Crippen molar-refractivity contribution in [3.63, 3.8) is 0 Å². The molecule has 0 aliphatic carbocycles. The van der Waals surface area contributed by atoms with Crippen LogP contribution in [0.25, 0.3) is 16.7 Å². The molecular weight excluding hydrogens is 657 g/mol. The number of nitrogens with zero attached hydrogens (tertiary/aromatic N) is 5. The van der Waals surface area contributed by atoms with Gasteiger partial charge in [-0.1, -0.05) is 60.8 Å². The summed E-state index contributed by atoms with van der Waals surface area (Å²) in [6, 6.07) is 10.7. The number of benzene rings is 2. The predicted octanol–water partition coefficient (Wildman–Crippen LogP) is 5.94. The van der Waals surface area contributed by atoms with Crippen molar-refractivity contribution in [1.29, 1.82) is 0 Å². The topological polar surface area (TPSA) is 116 Å². The van der Waals surface area contributed by atoms with Crippen LogP contribution in [0.1, 0.15) is 57.1 Å². The van der Waals surface area contributed by atoms with E-state index in [1.165, 1.54) is 4.68 Å². The van der Waals surface area contributed by atoms with Crippen LogP contribution in [0.3, 0.4) is 0 Å². The van der Waals surface area contributed by atoms with E-state index in [1.54, 1.807) is 36.4 Å². The van der Waals surface area contributed by atoms with Crippen molar-refractivity contribution in [3.8, 4) is 5.69 Å². The van der Waals surface area contributed by atoms with E-state index in [-0.39, 0.29) is 27.3 Å². The van der Waals surface area contributed by atoms with Crippen molar-refractivity contribution in [3.05, 3.63) is 78.9 Å². The Morgan fingerprint density at radius 3 is 2.22 bits per heavy atom. The molecule has 2 aromatic heterocycles. The van der Waals surface area contributed by atoms with Gasteiger partial charge < -0.3 is 9.88 Å². The highest BCUT2D eigenvalue weighted by atomic mass is 35.5. The molecule has 1 fully saturated rings. The largest absolute Gasteiger partial charge is 0.310 e. The Kier molecular flexibility index (Phi) is 10.5. The number of fused-ring (bicyclic) bond motifs is 1. The first-order valence-electron chi connectivity index (χ1n) is 15.0. The summed E-state index contributed by atoms with van der Waals surface area (Å²) in [6.45, 7) is 13.0. The minimum Gasteiger partial charge on any atom is -0.310 e. The Balaban J connectivity index is 1.28. The molecule has 5 rings (SSSR count). The van der Waals surface area contributed by atoms with Crippen molar-refractivity contribution in [2.75, 3.05) is 43.2 Å². The van der Waals surface area contributed by atoms with E-state index in [1.807, 2.05) is 13.8 Å². The molecule has 0 amide bonds. The fourth-order valence-electron chi connectivity index (χ4n) is 5.57. The van der Waals surface area contributed by atoms with Gasteiger partial charge in [-0.15, -0.1) is 0 Å². The zero-order valence-electron chi connectivity index (χ0n) is 25.8. The first-order chi connectivity index (χ1) is 21.3. The van der Waals surface area contributed by atoms with Crippen LogP contribution in [-0.4, -0.2) is 82.5 Å². The molecule has 0 spiro atoms. The van der Waals surface area contributed by atoms with Crippen LogP contribution in [0, 0.1) is 0 Å². The number of nitrogens with one attached hydrogen (secondary N) is 2. The summed E-state index contributed by atoms with van der Waals surface area (Å²) in [5, 5.41) is 5.96. The molecule has 2 aromatic carbocycles. The van der Waals surface area contributed by atoms with Gasteiger partial charge in [-0.3, -0.25) is 14.4 Å². The number of H-pyrrole nitrogens is 1. The van der Waals surface area contributed by atoms with Gasteiger partial charge in [-0.2, -0.15) is 5.10 Å². The zero-order valence-corrected chi connectivity index (χ0v) is 28.9. The van der Waals surface area contributed by atoms with Crippen molar-refractivity contribution in [1.82, 2.24) is 29.5 Å². The van der Waals surface area contributed by atoms with E-state index >= 15 is 0 Å². The maximum atomic E-state index is 13.3. The molecule has 10 nitrogen and oxygen atoms in total. The van der Waals surface area contributed by atoms with Gasteiger partial charge in [-0.05, 0) is 62.6 Å². The van der Waals surface area contributed by atoms with Gasteiger partial charge in [0.1, 0.15) is 16.9 Å². The minimum atomic E-state index is -3.49. The highest BCUT2D eigenvalue weighted by Gasteiger charge is 2.23. The molecule has 2 N–H and O–H groups in total. The van der Waals surface area contributed by atoms with Crippen molar-refractivity contribution >= 4 is 61.5 Å². The van der Waals surface area contributed by atoms with Gasteiger partial charge in [0, 0.05) is 49.4 Å². The van der Waals surface area contributed by atoms with Gasteiger partial charge in [0.2, 0.25) is 10.0 Å². The van der Waals surface area contributed by atoms with Crippen LogP contribution >= 0.6 is 34.8 Å². The molecular formula is C31H38Cl3N7O3S. The van der Waals surface area contributed by atoms with E-state index in [4.69, 9.17) is 39.8 Å². The van der Waals surface area contributed by atoms with E-state index in [0.717, 1.165) is 38.3 Å². The number of aromatic nitrogens is 4. The lowest BCUT2D eigenvalue weighted by Crippen LogP contribution is -2.49. The lowest BCUT2D eigenvalue weighted by molar-refractivity contribution is 0.109. The van der Waals surface area contributed by atoms with Crippen LogP contribution in [0.4, 0.5) is 5.69 Å². The van der Waals surface area contributed by atoms with Gasteiger partial charge in [-0.25, -0.2) is 18.1 Å². The third kappa shape index (κ3) is 8.01. The second-order valence-electron chi connectivity index (χ2n) is 12.0. The summed E-state index contributed by atoms with van der Waals surface area (Å²) in [5.74, 6) is 0.398. The second kappa shape index (κ2) is 14.0. The van der Waals surface area contributed by atoms with Crippen molar-refractivity contribution < 1.29 is 8.42 Å². The lowest BCUT2D eigenvalue weighted by atomic mass is 10.1. The number of halogens is 3. The number of anilines is 1. The molecule has 1 saturated heterocycles. The fraction of sp³-hybridized carbons (Fsp3) is 0.452. The summed E-state index contributed by atoms with van der Waals surface area (Å²) >= 11 is 19.1. The van der Waals surface area contributed by atoms with Crippen LogP contribution in [0.15, 0.2) is 41.2 Å². The SMILES string of the molecule is CC(C)c1nn(-c2c(Cl)cc(Cl)cc2Cl)c2nc(Cc3ccc(NS(=O)(=O)CCCN4CCN(C(C)C)CC4)cc3)[nH]c(=O)c12. The maximum Gasteiger partial charge on any atom is 0.262 e. The molecule has 3 heterocycles. The van der Waals surface area contributed by atoms with Crippen molar-refractivity contribution in [2.24, 2.45) is 0 Å². The Morgan fingerprint density at radius 2 is 1.62 bits per heavy atom. The highest BCUT2D eigenvalue weighted by molar-refractivity contribution is 7.92. The summed E-state index contributed by atoms with van der Waals surface area (Å²) in [6.07, 6.45) is 0.866. The standard InChI is InChI=1S/C31H38Cl3N7O3S/c1-19(2)28-27-30(41(37-28)29-24(33)17-22(32)18-25(29)34)35-26(36-31(27)42)16-21-6-8-23(9-7-21)38-45(43,44)15-5-10-39-11-13-40(14-12-39)20(3)4/h6-9,17-20,38H,5,10-16H2,1-4H3,(H,35,36,42). The summed E-state index contributed by atoms with van der Waals surface area (Å²) in [4.78, 5) is 25.7. The third-order valence-corrected chi connectivity index (χ3v) is 10.1. The Hall–Kier alpha value is -2.67. The number of hydrogen-bond acceptors (Lipinski definition) is 7. The monoisotopic (exact) mass is 693 g/mol. The molecule has 0 atom stereocenters. The van der Waals surface area contributed by atoms with Crippen LogP contribution in [0.2, 0.25) is 15.1 Å². The molecule has 45 heavy (non-hydrogen) atoms. The zero-order chi connectivity index (χ0) is 32.5. The van der Waals surface area contributed by atoms with Crippen LogP contribution < -0.4 is 10.3 Å². The van der Waals surface area contributed by atoms with Gasteiger partial charge in [0.15, 0.2) is 5.65 Å². The molecule has 242 valence electrons. The normalized spacial score (nSPS) is 15.0. The lowest BCUT2D eigenvalue weighted by Gasteiger charge is -2.36. The van der Waals surface area contributed by atoms with Crippen LogP contribution in [0.5, 0.6) is 0 Å². The average molecular weight is 695 g/mol. The van der Waals surface area contributed by atoms with Gasteiger partial charge in [0.05, 0.1) is 21.5 Å². The first kappa shape index (κ1) is 33.7. The van der Waals surface area contributed by atoms with Gasteiger partial charge >= 0.3 is 0 Å². The maximum absolute atomic E-state index is 13.3. The Bertz CT molecular complexity index is 1810. The molecule has 4 aromatic rings. The van der Waals surface area contributed by atoms with Crippen molar-refractivity contribution in [2.45, 2.75) is 52.5 Å². The second-order valence-corrected chi connectivity index (χ2v) is 15.1. The quantitative estimate of drug-likeness (QED) is 0.200. The average Bonchev–Trinajstić information content (AvgIpc) is 3.33. The fourth-order valence-corrected chi connectivity index (χ4v) is 7.66. The summed E-state index contributed by atoms with van der Waals surface area (Å²) in [5.41, 5.74) is 2.27. The molecule has 1 aliphatic rings. The molecule has 0 saturated carbocycles. The number of rotatable bonds is 11. The predicted molar refractivity (Wildman–Crippen MR) is 183 cm³/mol. The summed E-state index contributed by atoms with van der Waals surface area (Å²) in [7, 11) is -3.49. The smallest absolute Gasteiger partial charge is 0.262 e. The number of aromatic amines is 1.